The van der Waals surface area contributed by atoms with E-state index in [0.717, 1.165) is 41.5 Å². The third-order valence-corrected chi connectivity index (χ3v) is 6.99. The molecule has 7 nitrogen and oxygen atoms in total. The highest BCUT2D eigenvalue weighted by Crippen LogP contribution is 2.44. The number of carboxylic acid groups (broad SMARTS) is 1. The molecule has 0 heterocycles. The van der Waals surface area contributed by atoms with E-state index in [2.05, 4.69) is 34.9 Å². The Kier molecular flexibility index (Phi) is 7.20. The standard InChI is InChI=1S/C27H32N2O5/c1-16(2)25(26(32)28-23-13-7-8-17(23)14-24(30)31)29-27(33)34-15-22-20-11-5-3-9-18(20)19-10-4-6-12-21(19)22/h3-6,9-12,16-17,22-23,25H,7-8,13-15H2,1-2H3,(H,28,32)(H,29,33)(H,30,31)/t17?,23?,25-/m1/s1. The number of aliphatic carboxylic acids is 1. The van der Waals surface area contributed by atoms with Gasteiger partial charge >= 0.3 is 12.1 Å². The maximum absolute atomic E-state index is 13.0. The van der Waals surface area contributed by atoms with E-state index < -0.39 is 18.1 Å². The molecule has 2 aliphatic rings. The van der Waals surface area contributed by atoms with Crippen LogP contribution in [-0.2, 0) is 14.3 Å². The second kappa shape index (κ2) is 10.3. The summed E-state index contributed by atoms with van der Waals surface area (Å²) < 4.78 is 5.61. The van der Waals surface area contributed by atoms with Crippen LogP contribution >= 0.6 is 0 Å². The molecule has 0 bridgehead atoms. The van der Waals surface area contributed by atoms with Crippen LogP contribution in [0.15, 0.2) is 48.5 Å². The van der Waals surface area contributed by atoms with Gasteiger partial charge in [-0.3, -0.25) is 9.59 Å². The monoisotopic (exact) mass is 464 g/mol. The van der Waals surface area contributed by atoms with Crippen LogP contribution in [0.25, 0.3) is 11.1 Å². The molecule has 180 valence electrons. The highest BCUT2D eigenvalue weighted by Gasteiger charge is 2.34. The Hall–Kier alpha value is -3.35. The van der Waals surface area contributed by atoms with E-state index in [1.54, 1.807) is 0 Å². The molecule has 3 atom stereocenters. The number of rotatable bonds is 8. The van der Waals surface area contributed by atoms with Gasteiger partial charge in [0.25, 0.3) is 0 Å². The average Bonchev–Trinajstić information content (AvgIpc) is 3.37. The minimum atomic E-state index is -0.858. The lowest BCUT2D eigenvalue weighted by Crippen LogP contribution is -2.53. The summed E-state index contributed by atoms with van der Waals surface area (Å²) in [5.74, 6) is -1.45. The predicted octanol–water partition coefficient (Wildman–Crippen LogP) is 4.31. The van der Waals surface area contributed by atoms with Crippen LogP contribution < -0.4 is 10.6 Å². The van der Waals surface area contributed by atoms with Crippen LogP contribution in [0.2, 0.25) is 0 Å². The lowest BCUT2D eigenvalue weighted by molar-refractivity contribution is -0.138. The molecule has 2 aliphatic carbocycles. The normalized spacial score (nSPS) is 19.9. The Labute approximate surface area is 199 Å². The van der Waals surface area contributed by atoms with Gasteiger partial charge < -0.3 is 20.5 Å². The molecule has 2 amide bonds. The molecular formula is C27H32N2O5. The van der Waals surface area contributed by atoms with E-state index in [9.17, 15) is 14.4 Å². The Morgan fingerprint density at radius 2 is 1.62 bits per heavy atom. The van der Waals surface area contributed by atoms with Gasteiger partial charge in [0.05, 0.1) is 6.42 Å². The van der Waals surface area contributed by atoms with Crippen molar-refractivity contribution in [1.82, 2.24) is 10.6 Å². The van der Waals surface area contributed by atoms with Crippen molar-refractivity contribution in [2.24, 2.45) is 11.8 Å². The molecule has 1 fully saturated rings. The zero-order valence-electron chi connectivity index (χ0n) is 19.6. The SMILES string of the molecule is CC(C)[C@@H](NC(=O)OCC1c2ccccc2-c2ccccc21)C(=O)NC1CCCC1CC(=O)O. The number of hydrogen-bond donors (Lipinski definition) is 3. The van der Waals surface area contributed by atoms with Crippen LogP contribution in [0.4, 0.5) is 4.79 Å². The van der Waals surface area contributed by atoms with Crippen molar-refractivity contribution in [3.8, 4) is 11.1 Å². The fourth-order valence-electron chi connectivity index (χ4n) is 5.27. The van der Waals surface area contributed by atoms with Crippen LogP contribution in [-0.4, -0.2) is 41.8 Å². The summed E-state index contributed by atoms with van der Waals surface area (Å²) in [6, 6.07) is 15.3. The Morgan fingerprint density at radius 3 is 2.21 bits per heavy atom. The van der Waals surface area contributed by atoms with Gasteiger partial charge in [-0.15, -0.1) is 0 Å². The van der Waals surface area contributed by atoms with E-state index in [-0.39, 0.29) is 42.7 Å². The Balaban J connectivity index is 1.37. The molecule has 2 unspecified atom stereocenters. The fourth-order valence-corrected chi connectivity index (χ4v) is 5.27. The first-order valence-electron chi connectivity index (χ1n) is 12.0. The molecule has 0 spiro atoms. The number of nitrogens with one attached hydrogen (secondary N) is 2. The number of hydrogen-bond acceptors (Lipinski definition) is 4. The summed E-state index contributed by atoms with van der Waals surface area (Å²) >= 11 is 0. The average molecular weight is 465 g/mol. The number of fused-ring (bicyclic) bond motifs is 3. The van der Waals surface area contributed by atoms with Gasteiger partial charge in [-0.1, -0.05) is 68.8 Å². The van der Waals surface area contributed by atoms with Crippen LogP contribution in [0.1, 0.15) is 56.6 Å². The molecular weight excluding hydrogens is 432 g/mol. The molecule has 0 aliphatic heterocycles. The molecule has 3 N–H and O–H groups in total. The first kappa shape index (κ1) is 23.8. The number of carbonyl (C=O) groups is 3. The van der Waals surface area contributed by atoms with Crippen molar-refractivity contribution in [3.05, 3.63) is 59.7 Å². The molecule has 0 saturated heterocycles. The lowest BCUT2D eigenvalue weighted by Gasteiger charge is -2.26. The first-order chi connectivity index (χ1) is 16.3. The third-order valence-electron chi connectivity index (χ3n) is 6.99. The molecule has 1 saturated carbocycles. The number of carbonyl (C=O) groups excluding carboxylic acids is 2. The molecule has 7 heteroatoms. The minimum Gasteiger partial charge on any atom is -0.481 e. The second-order valence-electron chi connectivity index (χ2n) is 9.60. The zero-order valence-corrected chi connectivity index (χ0v) is 19.6. The Bertz CT molecular complexity index is 1020. The highest BCUT2D eigenvalue weighted by atomic mass is 16.5. The van der Waals surface area contributed by atoms with Crippen molar-refractivity contribution in [2.75, 3.05) is 6.61 Å². The zero-order chi connectivity index (χ0) is 24.2. The smallest absolute Gasteiger partial charge is 0.407 e. The summed E-state index contributed by atoms with van der Waals surface area (Å²) in [6.07, 6.45) is 1.82. The van der Waals surface area contributed by atoms with Gasteiger partial charge in [0.15, 0.2) is 0 Å². The maximum atomic E-state index is 13.0. The van der Waals surface area contributed by atoms with Gasteiger partial charge in [-0.05, 0) is 46.9 Å². The lowest BCUT2D eigenvalue weighted by atomic mass is 9.98. The first-order valence-corrected chi connectivity index (χ1v) is 12.0. The largest absolute Gasteiger partial charge is 0.481 e. The van der Waals surface area contributed by atoms with Crippen molar-refractivity contribution in [1.29, 1.82) is 0 Å². The summed E-state index contributed by atoms with van der Waals surface area (Å²) in [4.78, 5) is 36.8. The van der Waals surface area contributed by atoms with Gasteiger partial charge in [-0.2, -0.15) is 0 Å². The van der Waals surface area contributed by atoms with E-state index >= 15 is 0 Å². The fraction of sp³-hybridized carbons (Fsp3) is 0.444. The highest BCUT2D eigenvalue weighted by molar-refractivity contribution is 5.86. The number of amides is 2. The van der Waals surface area contributed by atoms with Gasteiger partial charge in [0, 0.05) is 12.0 Å². The molecule has 2 aromatic carbocycles. The number of benzene rings is 2. The van der Waals surface area contributed by atoms with Crippen LogP contribution in [0, 0.1) is 11.8 Å². The van der Waals surface area contributed by atoms with E-state index in [1.165, 1.54) is 0 Å². The molecule has 0 aromatic heterocycles. The van der Waals surface area contributed by atoms with Gasteiger partial charge in [0.1, 0.15) is 12.6 Å². The summed E-state index contributed by atoms with van der Waals surface area (Å²) in [6.45, 7) is 3.89. The van der Waals surface area contributed by atoms with E-state index in [0.29, 0.717) is 0 Å². The van der Waals surface area contributed by atoms with E-state index in [4.69, 9.17) is 9.84 Å². The predicted molar refractivity (Wildman–Crippen MR) is 128 cm³/mol. The van der Waals surface area contributed by atoms with Gasteiger partial charge in [-0.25, -0.2) is 4.79 Å². The van der Waals surface area contributed by atoms with Crippen molar-refractivity contribution >= 4 is 18.0 Å². The maximum Gasteiger partial charge on any atom is 0.407 e. The summed E-state index contributed by atoms with van der Waals surface area (Å²) in [7, 11) is 0. The molecule has 34 heavy (non-hydrogen) atoms. The number of alkyl carbamates (subject to hydrolysis) is 1. The molecule has 2 aromatic rings. The minimum absolute atomic E-state index is 0.0388. The van der Waals surface area contributed by atoms with E-state index in [1.807, 2.05) is 38.1 Å². The summed E-state index contributed by atoms with van der Waals surface area (Å²) in [5, 5.41) is 14.8. The van der Waals surface area contributed by atoms with Gasteiger partial charge in [0.2, 0.25) is 5.91 Å². The molecule has 4 rings (SSSR count). The Morgan fingerprint density at radius 1 is 1.00 bits per heavy atom. The summed E-state index contributed by atoms with van der Waals surface area (Å²) in [5.41, 5.74) is 4.55. The third kappa shape index (κ3) is 5.08. The van der Waals surface area contributed by atoms with Crippen molar-refractivity contribution < 1.29 is 24.2 Å². The molecule has 0 radical (unpaired) electrons. The quantitative estimate of drug-likeness (QED) is 0.540. The second-order valence-corrected chi connectivity index (χ2v) is 9.60. The van der Waals surface area contributed by atoms with Crippen molar-refractivity contribution in [3.63, 3.8) is 0 Å². The topological polar surface area (TPSA) is 105 Å². The van der Waals surface area contributed by atoms with Crippen LogP contribution in [0.5, 0.6) is 0 Å². The van der Waals surface area contributed by atoms with Crippen LogP contribution in [0.3, 0.4) is 0 Å². The van der Waals surface area contributed by atoms with Crippen molar-refractivity contribution in [2.45, 2.75) is 57.5 Å². The number of ether oxygens (including phenoxy) is 1. The number of carboxylic acids is 1.